The van der Waals surface area contributed by atoms with Crippen molar-refractivity contribution in [2.24, 2.45) is 0 Å². The summed E-state index contributed by atoms with van der Waals surface area (Å²) >= 11 is 0. The molecule has 0 aliphatic heterocycles. The predicted octanol–water partition coefficient (Wildman–Crippen LogP) is 9.75. The zero-order chi connectivity index (χ0) is 39.2. The molecule has 2 aliphatic rings. The van der Waals surface area contributed by atoms with E-state index in [9.17, 15) is 0 Å². The second-order valence-electron chi connectivity index (χ2n) is 21.7. The fraction of sp³-hybridized carbons (Fsp3) is 0.444. The summed E-state index contributed by atoms with van der Waals surface area (Å²) in [6.07, 6.45) is 5.06. The van der Waals surface area contributed by atoms with E-state index >= 15 is 0 Å². The Morgan fingerprint density at radius 2 is 0.667 bits per heavy atom. The molecule has 0 radical (unpaired) electrons. The van der Waals surface area contributed by atoms with Crippen molar-refractivity contribution in [2.45, 2.75) is 155 Å². The van der Waals surface area contributed by atoms with Gasteiger partial charge in [-0.3, -0.25) is 0 Å². The molecule has 300 valence electrons. The molecule has 0 unspecified atom stereocenters. The summed E-state index contributed by atoms with van der Waals surface area (Å²) in [6, 6.07) is 37.6. The molecule has 0 amide bonds. The van der Waals surface area contributed by atoms with Crippen LogP contribution in [-0.2, 0) is 58.7 Å². The van der Waals surface area contributed by atoms with Gasteiger partial charge in [0.1, 0.15) is 0 Å². The molecule has 0 aromatic heterocycles. The van der Waals surface area contributed by atoms with Crippen LogP contribution in [0.15, 0.2) is 97.1 Å². The first-order chi connectivity index (χ1) is 24.9. The van der Waals surface area contributed by atoms with E-state index in [4.69, 9.17) is 0 Å². The zero-order valence-corrected chi connectivity index (χ0v) is 41.3. The van der Waals surface area contributed by atoms with Gasteiger partial charge in [-0.05, 0) is 69.3 Å². The predicted molar refractivity (Wildman–Crippen MR) is 238 cm³/mol. The van der Waals surface area contributed by atoms with Crippen molar-refractivity contribution in [3.05, 3.63) is 130 Å². The van der Waals surface area contributed by atoms with E-state index in [2.05, 4.69) is 194 Å². The Kier molecular flexibility index (Phi) is 13.4. The van der Waals surface area contributed by atoms with E-state index in [-0.39, 0.29) is 83.5 Å². The molecule has 0 atom stereocenters. The average molecular weight is 877 g/mol. The van der Waals surface area contributed by atoms with Gasteiger partial charge in [-0.1, -0.05) is 191 Å². The Morgan fingerprint density at radius 3 is 0.930 bits per heavy atom. The van der Waals surface area contributed by atoms with E-state index in [1.54, 1.807) is 22.3 Å². The maximum absolute atomic E-state index is 2.47. The Balaban J connectivity index is 0.000000240. The average Bonchev–Trinajstić information content (AvgIpc) is 3.72. The van der Waals surface area contributed by atoms with E-state index in [0.29, 0.717) is 0 Å². The number of hydrogen-bond donors (Lipinski definition) is 0. The largest absolute Gasteiger partial charge is 4.00 e. The first kappa shape index (κ1) is 47.2. The molecule has 0 bridgehead atoms. The van der Waals surface area contributed by atoms with Crippen molar-refractivity contribution in [2.75, 3.05) is 0 Å². The molecular weight excluding hydrogens is 811 g/mol. The van der Waals surface area contributed by atoms with E-state index in [0.717, 1.165) is 0 Å². The molecule has 6 aromatic carbocycles. The van der Waals surface area contributed by atoms with Gasteiger partial charge >= 0.3 is 26.2 Å². The van der Waals surface area contributed by atoms with Crippen LogP contribution in [0.1, 0.15) is 156 Å². The molecular formula is C54H66Cl2Zr. The Hall–Kier alpha value is -2.44. The second-order valence-corrected chi connectivity index (χ2v) is 21.7. The van der Waals surface area contributed by atoms with Crippen LogP contribution in [0.3, 0.4) is 0 Å². The fourth-order valence-corrected chi connectivity index (χ4v) is 9.21. The molecule has 0 saturated carbocycles. The first-order valence-electron chi connectivity index (χ1n) is 20.7. The van der Waals surface area contributed by atoms with Crippen molar-refractivity contribution in [1.82, 2.24) is 0 Å². The molecule has 6 aromatic rings. The number of hydrogen-bond acceptors (Lipinski definition) is 0. The van der Waals surface area contributed by atoms with Crippen LogP contribution in [-0.4, -0.2) is 0 Å². The zero-order valence-electron chi connectivity index (χ0n) is 37.3. The summed E-state index contributed by atoms with van der Waals surface area (Å²) in [5.41, 5.74) is 15.7. The summed E-state index contributed by atoms with van der Waals surface area (Å²) < 4.78 is 0. The summed E-state index contributed by atoms with van der Waals surface area (Å²) in [5.74, 6) is 0. The summed E-state index contributed by atoms with van der Waals surface area (Å²) in [6.45, 7) is 32.9. The van der Waals surface area contributed by atoms with Crippen molar-refractivity contribution >= 4 is 21.5 Å². The number of rotatable bonds is 2. The van der Waals surface area contributed by atoms with E-state index in [1.807, 2.05) is 0 Å². The standard InChI is InChI=1S/2C27H33.2ClH.Zr/c2*1-25(2,3)22-10-8-18(9-11-22)19-14-20-16-23-24(17-21(20)15-19)27(6,7)13-12-26(23,4)5;;;/h2*8-11,14-17H,12-13H2,1-7H3;2*1H;/q2*-1;;;+4/p-2. The minimum atomic E-state index is 0. The van der Waals surface area contributed by atoms with Crippen LogP contribution < -0.4 is 24.8 Å². The van der Waals surface area contributed by atoms with Crippen molar-refractivity contribution in [1.29, 1.82) is 0 Å². The molecule has 8 rings (SSSR count). The van der Waals surface area contributed by atoms with Gasteiger partial charge in [0.15, 0.2) is 0 Å². The molecule has 0 nitrogen and oxygen atoms in total. The van der Waals surface area contributed by atoms with Crippen molar-refractivity contribution < 1.29 is 51.0 Å². The van der Waals surface area contributed by atoms with Gasteiger partial charge in [-0.15, -0.1) is 69.1 Å². The van der Waals surface area contributed by atoms with Crippen molar-refractivity contribution in [3.8, 4) is 22.3 Å². The normalized spacial score (nSPS) is 17.5. The van der Waals surface area contributed by atoms with E-state index in [1.165, 1.54) is 80.6 Å². The molecule has 0 saturated heterocycles. The molecule has 0 N–H and O–H groups in total. The quantitative estimate of drug-likeness (QED) is 0.152. The SMILES string of the molecule is CC(C)(C)c1ccc(-c2cc3cc4c(cc3[cH-]2)C(C)(C)CCC4(C)C)cc1.CC(C)(C)c1ccc(-c2cc3cc4c(cc3[cH-]2)C(C)(C)CCC4(C)C)cc1.[Cl-].[Cl-].[Zr+4]. The number of halogens is 2. The Labute approximate surface area is 377 Å². The third kappa shape index (κ3) is 9.33. The smallest absolute Gasteiger partial charge is 1.00 e. The minimum Gasteiger partial charge on any atom is -1.00 e. The first-order valence-corrected chi connectivity index (χ1v) is 20.7. The van der Waals surface area contributed by atoms with E-state index < -0.39 is 0 Å². The van der Waals surface area contributed by atoms with Crippen LogP contribution in [0.25, 0.3) is 43.8 Å². The van der Waals surface area contributed by atoms with Crippen LogP contribution in [0.2, 0.25) is 0 Å². The summed E-state index contributed by atoms with van der Waals surface area (Å²) in [4.78, 5) is 0. The monoisotopic (exact) mass is 874 g/mol. The third-order valence-electron chi connectivity index (χ3n) is 13.5. The minimum absolute atomic E-state index is 0. The van der Waals surface area contributed by atoms with Gasteiger partial charge < -0.3 is 24.8 Å². The van der Waals surface area contributed by atoms with Crippen LogP contribution in [0.4, 0.5) is 0 Å². The van der Waals surface area contributed by atoms with Gasteiger partial charge in [0, 0.05) is 0 Å². The van der Waals surface area contributed by atoms with Crippen LogP contribution in [0, 0.1) is 0 Å². The number of fused-ring (bicyclic) bond motifs is 4. The maximum Gasteiger partial charge on any atom is 4.00 e. The van der Waals surface area contributed by atoms with Crippen LogP contribution >= 0.6 is 0 Å². The van der Waals surface area contributed by atoms with Gasteiger partial charge in [0.2, 0.25) is 0 Å². The van der Waals surface area contributed by atoms with Gasteiger partial charge in [0.05, 0.1) is 0 Å². The van der Waals surface area contributed by atoms with Crippen LogP contribution in [0.5, 0.6) is 0 Å². The molecule has 0 spiro atoms. The summed E-state index contributed by atoms with van der Waals surface area (Å²) in [5, 5.41) is 5.53. The topological polar surface area (TPSA) is 0 Å². The molecule has 0 fully saturated rings. The Morgan fingerprint density at radius 1 is 0.404 bits per heavy atom. The summed E-state index contributed by atoms with van der Waals surface area (Å²) in [7, 11) is 0. The van der Waals surface area contributed by atoms with Gasteiger partial charge in [-0.25, -0.2) is 0 Å². The molecule has 3 heteroatoms. The van der Waals surface area contributed by atoms with Crippen molar-refractivity contribution in [3.63, 3.8) is 0 Å². The van der Waals surface area contributed by atoms with Gasteiger partial charge in [-0.2, -0.15) is 0 Å². The molecule has 2 aliphatic carbocycles. The molecule has 57 heavy (non-hydrogen) atoms. The third-order valence-corrected chi connectivity index (χ3v) is 13.5. The van der Waals surface area contributed by atoms with Gasteiger partial charge in [0.25, 0.3) is 0 Å². The fourth-order valence-electron chi connectivity index (χ4n) is 9.21. The number of benzene rings is 4. The Bertz CT molecular complexity index is 2050. The second kappa shape index (κ2) is 16.2. The molecule has 0 heterocycles. The maximum atomic E-state index is 2.47.